The lowest BCUT2D eigenvalue weighted by atomic mass is 10.7. The zero-order valence-electron chi connectivity index (χ0n) is 2.65. The van der Waals surface area contributed by atoms with Gasteiger partial charge in [-0.1, -0.05) is 12.6 Å². The predicted octanol–water partition coefficient (Wildman–Crippen LogP) is 1.67. The molecule has 0 fully saturated rings. The molecule has 0 amide bonds. The smallest absolute Gasteiger partial charge is 0.0835 e. The summed E-state index contributed by atoms with van der Waals surface area (Å²) < 4.78 is 10.7. The Morgan fingerprint density at radius 3 is 2.40 bits per heavy atom. The average Bonchev–Trinajstić information content (AvgIpc) is 1.41. The van der Waals surface area contributed by atoms with Crippen LogP contribution in [0.5, 0.6) is 0 Å². The predicted molar refractivity (Wildman–Crippen MR) is 22.7 cm³/mol. The van der Waals surface area contributed by atoms with Gasteiger partial charge in [-0.2, -0.15) is 0 Å². The highest BCUT2D eigenvalue weighted by Gasteiger charge is 1.57. The molecule has 2 heteroatoms. The first-order chi connectivity index (χ1) is 2.41. The Bertz CT molecular complexity index is 33.9. The second kappa shape index (κ2) is 4.02. The van der Waals surface area contributed by atoms with Crippen LogP contribution in [0, 0.1) is 0 Å². The summed E-state index contributed by atoms with van der Waals surface area (Å²) in [5.41, 5.74) is 0. The van der Waals surface area contributed by atoms with Crippen LogP contribution in [-0.2, 0) is 0 Å². The number of rotatable bonds is 1. The van der Waals surface area contributed by atoms with Crippen molar-refractivity contribution in [1.82, 2.24) is 0 Å². The zero-order chi connectivity index (χ0) is 4.12. The van der Waals surface area contributed by atoms with Gasteiger partial charge in [-0.05, 0) is 6.08 Å². The monoisotopic (exact) mass is 91.0 g/mol. The summed E-state index contributed by atoms with van der Waals surface area (Å²) in [6.07, 6.45) is 1.72. The van der Waals surface area contributed by atoms with Gasteiger partial charge in [0.25, 0.3) is 0 Å². The summed E-state index contributed by atoms with van der Waals surface area (Å²) >= 11 is 4.32. The summed E-state index contributed by atoms with van der Waals surface area (Å²) in [7, 11) is 0. The van der Waals surface area contributed by atoms with Gasteiger partial charge in [0.1, 0.15) is 0 Å². The molecule has 1 radical (unpaired) electrons. The Morgan fingerprint density at radius 2 is 2.40 bits per heavy atom. The number of halogens is 1. The van der Waals surface area contributed by atoms with Gasteiger partial charge in [0.2, 0.25) is 0 Å². The van der Waals surface area contributed by atoms with Gasteiger partial charge in [-0.25, -0.2) is 4.39 Å². The normalized spacial score (nSPS) is 10.0. The maximum absolute atomic E-state index is 10.7. The van der Waals surface area contributed by atoms with Crippen molar-refractivity contribution in [3.05, 3.63) is 12.4 Å². The Kier molecular flexibility index (Phi) is 4.04. The fourth-order valence-electron chi connectivity index (χ4n) is 0.0364. The molecule has 0 unspecified atom stereocenters. The highest BCUT2D eigenvalue weighted by Crippen LogP contribution is 1.74. The molecule has 0 aromatic heterocycles. The van der Waals surface area contributed by atoms with Crippen molar-refractivity contribution in [3.8, 4) is 0 Å². The third-order valence-corrected chi connectivity index (χ3v) is 0.378. The first-order valence-corrected chi connectivity index (χ1v) is 1.83. The minimum absolute atomic E-state index is 0.372. The Morgan fingerprint density at radius 1 is 1.80 bits per heavy atom. The zero-order valence-corrected chi connectivity index (χ0v) is 3.46. The molecular weight excluding hydrogens is 87.1 g/mol. The van der Waals surface area contributed by atoms with E-state index in [0.717, 1.165) is 0 Å². The molecule has 0 aliphatic rings. The van der Waals surface area contributed by atoms with Gasteiger partial charge in [0, 0.05) is 5.75 Å². The standard InChI is InChI=1S/C3H4FS/c4-2-1-3-5/h1-2H,3H2. The fraction of sp³-hybridized carbons (Fsp3) is 0.333. The van der Waals surface area contributed by atoms with E-state index < -0.39 is 0 Å². The summed E-state index contributed by atoms with van der Waals surface area (Å²) in [5, 5.41) is 0. The van der Waals surface area contributed by atoms with E-state index in [1.54, 1.807) is 0 Å². The third-order valence-electron chi connectivity index (χ3n) is 0.185. The Balaban J connectivity index is 2.62. The van der Waals surface area contributed by atoms with Crippen molar-refractivity contribution in [2.75, 3.05) is 5.75 Å². The van der Waals surface area contributed by atoms with Gasteiger partial charge in [0.15, 0.2) is 0 Å². The number of hydrogen-bond donors (Lipinski definition) is 0. The van der Waals surface area contributed by atoms with Crippen LogP contribution in [0.3, 0.4) is 0 Å². The summed E-state index contributed by atoms with van der Waals surface area (Å²) in [6, 6.07) is 0. The molecule has 0 aromatic carbocycles. The van der Waals surface area contributed by atoms with E-state index in [0.29, 0.717) is 12.1 Å². The SMILES string of the molecule is FC=CC[S]. The molecule has 0 saturated heterocycles. The van der Waals surface area contributed by atoms with Crippen molar-refractivity contribution in [2.45, 2.75) is 0 Å². The van der Waals surface area contributed by atoms with E-state index in [4.69, 9.17) is 0 Å². The van der Waals surface area contributed by atoms with Crippen molar-refractivity contribution in [2.24, 2.45) is 0 Å². The van der Waals surface area contributed by atoms with E-state index in [2.05, 4.69) is 12.6 Å². The summed E-state index contributed by atoms with van der Waals surface area (Å²) in [5.74, 6) is 0.372. The van der Waals surface area contributed by atoms with Crippen LogP contribution >= 0.6 is 12.6 Å². The first-order valence-electron chi connectivity index (χ1n) is 1.25. The molecule has 29 valence electrons. The van der Waals surface area contributed by atoms with Gasteiger partial charge in [0.05, 0.1) is 6.33 Å². The van der Waals surface area contributed by atoms with Crippen LogP contribution < -0.4 is 0 Å². The highest BCUT2D eigenvalue weighted by atomic mass is 32.1. The molecule has 5 heavy (non-hydrogen) atoms. The maximum atomic E-state index is 10.7. The third kappa shape index (κ3) is 4.02. The van der Waals surface area contributed by atoms with Crippen LogP contribution in [0.1, 0.15) is 0 Å². The molecule has 0 aliphatic carbocycles. The van der Waals surface area contributed by atoms with Crippen molar-refractivity contribution in [1.29, 1.82) is 0 Å². The van der Waals surface area contributed by atoms with Crippen molar-refractivity contribution >= 4 is 12.6 Å². The molecule has 0 saturated carbocycles. The van der Waals surface area contributed by atoms with Crippen molar-refractivity contribution in [3.63, 3.8) is 0 Å². The quantitative estimate of drug-likeness (QED) is 0.460. The van der Waals surface area contributed by atoms with Gasteiger partial charge in [-0.3, -0.25) is 0 Å². The van der Waals surface area contributed by atoms with Crippen LogP contribution in [0.25, 0.3) is 0 Å². The fourth-order valence-corrected chi connectivity index (χ4v) is 0.109. The topological polar surface area (TPSA) is 0 Å². The molecule has 0 N–H and O–H groups in total. The van der Waals surface area contributed by atoms with E-state index >= 15 is 0 Å². The lowest BCUT2D eigenvalue weighted by molar-refractivity contribution is 0.719. The molecule has 0 nitrogen and oxygen atoms in total. The van der Waals surface area contributed by atoms with Gasteiger partial charge < -0.3 is 0 Å². The minimum Gasteiger partial charge on any atom is -0.216 e. The van der Waals surface area contributed by atoms with E-state index in [1.165, 1.54) is 6.08 Å². The Labute approximate surface area is 36.1 Å². The maximum Gasteiger partial charge on any atom is 0.0835 e. The van der Waals surface area contributed by atoms with E-state index in [1.807, 2.05) is 0 Å². The molecule has 0 heterocycles. The van der Waals surface area contributed by atoms with Crippen molar-refractivity contribution < 1.29 is 4.39 Å². The molecular formula is C3H4FS. The van der Waals surface area contributed by atoms with Crippen LogP contribution in [0.2, 0.25) is 0 Å². The average molecular weight is 91.1 g/mol. The largest absolute Gasteiger partial charge is 0.216 e. The molecule has 0 aliphatic heterocycles. The summed E-state index contributed by atoms with van der Waals surface area (Å²) in [4.78, 5) is 0. The lowest BCUT2D eigenvalue weighted by Crippen LogP contribution is -1.50. The second-order valence-electron chi connectivity index (χ2n) is 0.528. The van der Waals surface area contributed by atoms with E-state index in [9.17, 15) is 4.39 Å². The molecule has 0 bridgehead atoms. The number of hydrogen-bond acceptors (Lipinski definition) is 0. The Hall–Kier alpha value is 0.0200. The first kappa shape index (κ1) is 5.02. The second-order valence-corrected chi connectivity index (χ2v) is 0.862. The lowest BCUT2D eigenvalue weighted by Gasteiger charge is -1.60. The van der Waals surface area contributed by atoms with Crippen LogP contribution in [0.4, 0.5) is 4.39 Å². The minimum atomic E-state index is 0.372. The van der Waals surface area contributed by atoms with E-state index in [-0.39, 0.29) is 0 Å². The molecule has 0 spiro atoms. The highest BCUT2D eigenvalue weighted by molar-refractivity contribution is 7.80. The van der Waals surface area contributed by atoms with Crippen LogP contribution in [0.15, 0.2) is 12.4 Å². The molecule has 0 aromatic rings. The summed E-state index contributed by atoms with van der Waals surface area (Å²) in [6.45, 7) is 0. The van der Waals surface area contributed by atoms with Crippen LogP contribution in [-0.4, -0.2) is 5.75 Å². The van der Waals surface area contributed by atoms with Gasteiger partial charge >= 0.3 is 0 Å². The molecule has 0 atom stereocenters. The molecule has 0 rings (SSSR count). The van der Waals surface area contributed by atoms with Gasteiger partial charge in [-0.15, -0.1) is 0 Å².